The quantitative estimate of drug-likeness (QED) is 0.382. The third-order valence-electron chi connectivity index (χ3n) is 0.338. The molecule has 0 spiro atoms. The highest BCUT2D eigenvalue weighted by Crippen LogP contribution is 1.69. The third kappa shape index (κ3) is 5.21. The first kappa shape index (κ1) is 6.21. The van der Waals surface area contributed by atoms with Crippen LogP contribution in [0.5, 0.6) is 0 Å². The monoisotopic (exact) mass is 98.1 g/mol. The smallest absolute Gasteiger partial charge is 0.131 e. The highest BCUT2D eigenvalue weighted by atomic mass is 16.6. The van der Waals surface area contributed by atoms with Gasteiger partial charge in [0.25, 0.3) is 0 Å². The zero-order chi connectivity index (χ0) is 5.54. The van der Waals surface area contributed by atoms with Crippen LogP contribution in [0.15, 0.2) is 17.8 Å². The fourth-order valence-corrected chi connectivity index (χ4v) is 0.139. The van der Waals surface area contributed by atoms with Crippen LogP contribution in [-0.4, -0.2) is 12.8 Å². The van der Waals surface area contributed by atoms with Gasteiger partial charge in [0.2, 0.25) is 0 Å². The van der Waals surface area contributed by atoms with Crippen molar-refractivity contribution in [2.24, 2.45) is 5.16 Å². The molecule has 0 aromatic rings. The van der Waals surface area contributed by atoms with E-state index in [4.69, 9.17) is 0 Å². The lowest BCUT2D eigenvalue weighted by Crippen LogP contribution is -1.76. The van der Waals surface area contributed by atoms with Gasteiger partial charge in [0.05, 0.1) is 0 Å². The molecule has 0 N–H and O–H groups in total. The standard InChI is InChI=1S/C5H8NO/c1-3-5-6-7-4-2/h3H,1,4H2,2H3. The number of allylic oxidation sites excluding steroid dienone is 1. The van der Waals surface area contributed by atoms with E-state index in [9.17, 15) is 0 Å². The molecule has 0 aliphatic carbocycles. The summed E-state index contributed by atoms with van der Waals surface area (Å²) in [5.41, 5.74) is 0. The topological polar surface area (TPSA) is 21.6 Å². The van der Waals surface area contributed by atoms with Crippen LogP contribution >= 0.6 is 0 Å². The van der Waals surface area contributed by atoms with Crippen molar-refractivity contribution in [2.75, 3.05) is 6.61 Å². The largest absolute Gasteiger partial charge is 0.396 e. The Hall–Kier alpha value is -0.790. The lowest BCUT2D eigenvalue weighted by Gasteiger charge is -1.84. The lowest BCUT2D eigenvalue weighted by atomic mass is 10.7. The summed E-state index contributed by atoms with van der Waals surface area (Å²) >= 11 is 0. The Morgan fingerprint density at radius 2 is 2.71 bits per heavy atom. The molecular weight excluding hydrogens is 90.1 g/mol. The molecule has 7 heavy (non-hydrogen) atoms. The van der Waals surface area contributed by atoms with Gasteiger partial charge in [0.15, 0.2) is 0 Å². The molecule has 1 radical (unpaired) electrons. The van der Waals surface area contributed by atoms with E-state index in [-0.39, 0.29) is 0 Å². The zero-order valence-corrected chi connectivity index (χ0v) is 4.35. The van der Waals surface area contributed by atoms with Crippen LogP contribution in [-0.2, 0) is 4.84 Å². The molecule has 0 aromatic carbocycles. The van der Waals surface area contributed by atoms with Gasteiger partial charge in [-0.1, -0.05) is 11.7 Å². The van der Waals surface area contributed by atoms with E-state index in [1.165, 1.54) is 6.08 Å². The molecule has 0 heterocycles. The van der Waals surface area contributed by atoms with Crippen molar-refractivity contribution in [1.29, 1.82) is 0 Å². The average Bonchev–Trinajstić information content (AvgIpc) is 1.69. The second-order valence-corrected chi connectivity index (χ2v) is 0.842. The van der Waals surface area contributed by atoms with Gasteiger partial charge in [-0.2, -0.15) is 0 Å². The van der Waals surface area contributed by atoms with E-state index in [2.05, 4.69) is 22.8 Å². The molecular formula is C5H8NO. The normalized spacial score (nSPS) is 9.29. The highest BCUT2D eigenvalue weighted by molar-refractivity contribution is 5.69. The predicted octanol–water partition coefficient (Wildman–Crippen LogP) is 1.07. The first-order valence-corrected chi connectivity index (χ1v) is 2.10. The van der Waals surface area contributed by atoms with E-state index in [0.717, 1.165) is 0 Å². The van der Waals surface area contributed by atoms with E-state index in [1.807, 2.05) is 6.92 Å². The lowest BCUT2D eigenvalue weighted by molar-refractivity contribution is 0.160. The van der Waals surface area contributed by atoms with Crippen LogP contribution in [0.3, 0.4) is 0 Å². The molecule has 0 unspecified atom stereocenters. The minimum absolute atomic E-state index is 0.584. The van der Waals surface area contributed by atoms with Gasteiger partial charge in [0.1, 0.15) is 12.8 Å². The van der Waals surface area contributed by atoms with Gasteiger partial charge < -0.3 is 4.84 Å². The highest BCUT2D eigenvalue weighted by Gasteiger charge is 1.63. The van der Waals surface area contributed by atoms with Crippen molar-refractivity contribution in [3.8, 4) is 0 Å². The molecule has 2 heteroatoms. The minimum Gasteiger partial charge on any atom is -0.396 e. The van der Waals surface area contributed by atoms with Gasteiger partial charge in [0, 0.05) is 0 Å². The van der Waals surface area contributed by atoms with Crippen LogP contribution in [0.2, 0.25) is 0 Å². The van der Waals surface area contributed by atoms with Gasteiger partial charge in [-0.3, -0.25) is 0 Å². The Bertz CT molecular complexity index is 68.5. The summed E-state index contributed by atoms with van der Waals surface area (Å²) in [6.07, 6.45) is 3.86. The number of hydrogen-bond donors (Lipinski definition) is 0. The maximum Gasteiger partial charge on any atom is 0.131 e. The number of rotatable bonds is 3. The predicted molar refractivity (Wildman–Crippen MR) is 29.3 cm³/mol. The first-order valence-electron chi connectivity index (χ1n) is 2.10. The van der Waals surface area contributed by atoms with Crippen molar-refractivity contribution in [3.05, 3.63) is 12.7 Å². The molecule has 0 aromatic heterocycles. The van der Waals surface area contributed by atoms with Gasteiger partial charge in [-0.15, -0.1) is 0 Å². The second-order valence-electron chi connectivity index (χ2n) is 0.842. The van der Waals surface area contributed by atoms with Crippen molar-refractivity contribution < 1.29 is 4.84 Å². The molecule has 0 saturated heterocycles. The van der Waals surface area contributed by atoms with Crippen LogP contribution in [0.1, 0.15) is 6.92 Å². The molecule has 39 valence electrons. The Morgan fingerprint density at radius 1 is 2.00 bits per heavy atom. The van der Waals surface area contributed by atoms with E-state index >= 15 is 0 Å². The fourth-order valence-electron chi connectivity index (χ4n) is 0.139. The van der Waals surface area contributed by atoms with E-state index in [0.29, 0.717) is 6.61 Å². The Balaban J connectivity index is 2.92. The molecule has 0 rings (SSSR count). The first-order chi connectivity index (χ1) is 3.41. The summed E-state index contributed by atoms with van der Waals surface area (Å²) in [4.78, 5) is 4.52. The third-order valence-corrected chi connectivity index (χ3v) is 0.338. The second kappa shape index (κ2) is 5.21. The minimum atomic E-state index is 0.584. The molecule has 0 aliphatic heterocycles. The Labute approximate surface area is 43.5 Å². The molecule has 2 nitrogen and oxygen atoms in total. The summed E-state index contributed by atoms with van der Waals surface area (Å²) in [5, 5.41) is 3.34. The van der Waals surface area contributed by atoms with Gasteiger partial charge >= 0.3 is 0 Å². The molecule has 0 amide bonds. The van der Waals surface area contributed by atoms with E-state index < -0.39 is 0 Å². The molecule has 0 atom stereocenters. The Morgan fingerprint density at radius 3 is 3.14 bits per heavy atom. The summed E-state index contributed by atoms with van der Waals surface area (Å²) in [7, 11) is 0. The number of hydrogen-bond acceptors (Lipinski definition) is 2. The molecule has 0 fully saturated rings. The molecule has 0 aliphatic rings. The maximum atomic E-state index is 4.52. The van der Waals surface area contributed by atoms with Crippen LogP contribution in [0.25, 0.3) is 0 Å². The van der Waals surface area contributed by atoms with Crippen LogP contribution in [0.4, 0.5) is 0 Å². The molecule has 0 saturated carbocycles. The average molecular weight is 98.1 g/mol. The fraction of sp³-hybridized carbons (Fsp3) is 0.400. The van der Waals surface area contributed by atoms with Gasteiger partial charge in [-0.05, 0) is 13.0 Å². The summed E-state index contributed by atoms with van der Waals surface area (Å²) in [6, 6.07) is 0. The number of nitrogens with zero attached hydrogens (tertiary/aromatic N) is 1. The van der Waals surface area contributed by atoms with Crippen molar-refractivity contribution in [1.82, 2.24) is 0 Å². The zero-order valence-electron chi connectivity index (χ0n) is 4.35. The van der Waals surface area contributed by atoms with Crippen LogP contribution < -0.4 is 0 Å². The van der Waals surface area contributed by atoms with Gasteiger partial charge in [-0.25, -0.2) is 0 Å². The van der Waals surface area contributed by atoms with E-state index in [1.54, 1.807) is 0 Å². The SMILES string of the molecule is C=C/[C]=N/OCC. The summed E-state index contributed by atoms with van der Waals surface area (Å²) in [6.45, 7) is 5.79. The molecule has 0 bridgehead atoms. The maximum absolute atomic E-state index is 4.52. The van der Waals surface area contributed by atoms with Crippen molar-refractivity contribution in [3.63, 3.8) is 0 Å². The van der Waals surface area contributed by atoms with Crippen molar-refractivity contribution >= 4 is 6.21 Å². The van der Waals surface area contributed by atoms with Crippen LogP contribution in [0, 0.1) is 0 Å². The summed E-state index contributed by atoms with van der Waals surface area (Å²) < 4.78 is 0. The van der Waals surface area contributed by atoms with Crippen molar-refractivity contribution in [2.45, 2.75) is 6.92 Å². The summed E-state index contributed by atoms with van der Waals surface area (Å²) in [5.74, 6) is 0. The Kier molecular flexibility index (Phi) is 4.62.